The van der Waals surface area contributed by atoms with Crippen LogP contribution in [-0.2, 0) is 27.9 Å². The van der Waals surface area contributed by atoms with Crippen LogP contribution in [0.3, 0.4) is 0 Å². The van der Waals surface area contributed by atoms with Gasteiger partial charge in [-0.2, -0.15) is 0 Å². The Morgan fingerprint density at radius 2 is 1.60 bits per heavy atom. The second-order valence-corrected chi connectivity index (χ2v) is 7.16. The van der Waals surface area contributed by atoms with Crippen LogP contribution >= 0.6 is 0 Å². The van der Waals surface area contributed by atoms with Gasteiger partial charge in [0.1, 0.15) is 17.3 Å². The third kappa shape index (κ3) is 3.95. The highest BCUT2D eigenvalue weighted by Gasteiger charge is 2.16. The zero-order chi connectivity index (χ0) is 14.8. The van der Waals surface area contributed by atoms with Gasteiger partial charge < -0.3 is 10.2 Å². The predicted molar refractivity (Wildman–Crippen MR) is 78.8 cm³/mol. The molecule has 1 heterocycles. The lowest BCUT2D eigenvalue weighted by Gasteiger charge is -2.06. The van der Waals surface area contributed by atoms with E-state index < -0.39 is 9.84 Å². The zero-order valence-electron chi connectivity index (χ0n) is 11.7. The summed E-state index contributed by atoms with van der Waals surface area (Å²) in [5, 5.41) is 0. The summed E-state index contributed by atoms with van der Waals surface area (Å²) in [5.41, 5.74) is 8.39. The van der Waals surface area contributed by atoms with Crippen molar-refractivity contribution in [2.24, 2.45) is 5.73 Å². The molecule has 0 aliphatic carbocycles. The van der Waals surface area contributed by atoms with Gasteiger partial charge >= 0.3 is 0 Å². The maximum absolute atomic E-state index is 12.2. The quantitative estimate of drug-likeness (QED) is 0.919. The van der Waals surface area contributed by atoms with Crippen molar-refractivity contribution in [2.45, 2.75) is 31.9 Å². The van der Waals surface area contributed by atoms with Crippen molar-refractivity contribution in [3.63, 3.8) is 0 Å². The second-order valence-electron chi connectivity index (χ2n) is 5.10. The van der Waals surface area contributed by atoms with E-state index in [0.717, 1.165) is 16.7 Å². The highest BCUT2D eigenvalue weighted by molar-refractivity contribution is 7.89. The largest absolute Gasteiger partial charge is 0.464 e. The summed E-state index contributed by atoms with van der Waals surface area (Å²) in [6.07, 6.45) is 0. The molecule has 0 atom stereocenters. The van der Waals surface area contributed by atoms with Crippen molar-refractivity contribution < 1.29 is 12.8 Å². The molecular weight excluding hydrogens is 274 g/mol. The number of rotatable bonds is 5. The fraction of sp³-hybridized carbons (Fsp3) is 0.333. The summed E-state index contributed by atoms with van der Waals surface area (Å²) < 4.78 is 29.7. The number of benzene rings is 1. The first-order valence-electron chi connectivity index (χ1n) is 6.43. The molecule has 5 heteroatoms. The SMILES string of the molecule is Cc1cc(C)cc(CS(=O)(=O)Cc2ccc(CN)o2)c1. The molecule has 0 saturated heterocycles. The number of furan rings is 1. The molecule has 0 saturated carbocycles. The van der Waals surface area contributed by atoms with E-state index in [0.29, 0.717) is 11.5 Å². The number of hydrogen-bond acceptors (Lipinski definition) is 4. The zero-order valence-corrected chi connectivity index (χ0v) is 12.5. The molecule has 2 N–H and O–H groups in total. The van der Waals surface area contributed by atoms with E-state index in [4.69, 9.17) is 10.2 Å². The van der Waals surface area contributed by atoms with Gasteiger partial charge in [0.05, 0.1) is 12.3 Å². The van der Waals surface area contributed by atoms with Gasteiger partial charge in [-0.3, -0.25) is 0 Å². The van der Waals surface area contributed by atoms with Gasteiger partial charge in [0.2, 0.25) is 0 Å². The van der Waals surface area contributed by atoms with E-state index in [-0.39, 0.29) is 18.1 Å². The van der Waals surface area contributed by atoms with Crippen LogP contribution < -0.4 is 5.73 Å². The molecule has 0 fully saturated rings. The molecule has 0 aliphatic heterocycles. The lowest BCUT2D eigenvalue weighted by molar-refractivity contribution is 0.477. The van der Waals surface area contributed by atoms with E-state index >= 15 is 0 Å². The Hall–Kier alpha value is -1.59. The molecule has 4 nitrogen and oxygen atoms in total. The molecule has 1 aromatic heterocycles. The Bertz CT molecular complexity index is 681. The summed E-state index contributed by atoms with van der Waals surface area (Å²) >= 11 is 0. The van der Waals surface area contributed by atoms with E-state index in [9.17, 15) is 8.42 Å². The predicted octanol–water partition coefficient (Wildman–Crippen LogP) is 2.47. The van der Waals surface area contributed by atoms with Crippen LogP contribution in [-0.4, -0.2) is 8.42 Å². The molecule has 108 valence electrons. The average molecular weight is 293 g/mol. The van der Waals surface area contributed by atoms with Gasteiger partial charge in [-0.1, -0.05) is 29.3 Å². The van der Waals surface area contributed by atoms with Crippen molar-refractivity contribution in [1.82, 2.24) is 0 Å². The molecule has 20 heavy (non-hydrogen) atoms. The van der Waals surface area contributed by atoms with Crippen LogP contribution in [0.1, 0.15) is 28.2 Å². The van der Waals surface area contributed by atoms with E-state index in [1.165, 1.54) is 0 Å². The van der Waals surface area contributed by atoms with Crippen molar-refractivity contribution in [2.75, 3.05) is 0 Å². The van der Waals surface area contributed by atoms with Gasteiger partial charge in [-0.25, -0.2) is 8.42 Å². The third-order valence-electron chi connectivity index (χ3n) is 2.95. The van der Waals surface area contributed by atoms with Gasteiger partial charge in [0.25, 0.3) is 0 Å². The van der Waals surface area contributed by atoms with Crippen LogP contribution in [0.15, 0.2) is 34.7 Å². The van der Waals surface area contributed by atoms with Crippen molar-refractivity contribution >= 4 is 9.84 Å². The number of sulfone groups is 1. The van der Waals surface area contributed by atoms with Crippen molar-refractivity contribution in [1.29, 1.82) is 0 Å². The fourth-order valence-corrected chi connectivity index (χ4v) is 3.65. The fourth-order valence-electron chi connectivity index (χ4n) is 2.28. The highest BCUT2D eigenvalue weighted by Crippen LogP contribution is 2.17. The normalized spacial score (nSPS) is 11.8. The number of aryl methyl sites for hydroxylation is 2. The molecule has 0 amide bonds. The van der Waals surface area contributed by atoms with Gasteiger partial charge in [-0.05, 0) is 31.5 Å². The van der Waals surface area contributed by atoms with Crippen LogP contribution in [0, 0.1) is 13.8 Å². The topological polar surface area (TPSA) is 73.3 Å². The van der Waals surface area contributed by atoms with Crippen LogP contribution in [0.4, 0.5) is 0 Å². The summed E-state index contributed by atoms with van der Waals surface area (Å²) in [7, 11) is -3.25. The van der Waals surface area contributed by atoms with Gasteiger partial charge in [0, 0.05) is 0 Å². The Balaban J connectivity index is 2.14. The first-order chi connectivity index (χ1) is 9.38. The monoisotopic (exact) mass is 293 g/mol. The van der Waals surface area contributed by atoms with Crippen molar-refractivity contribution in [3.05, 3.63) is 58.5 Å². The number of nitrogens with two attached hydrogens (primary N) is 1. The number of hydrogen-bond donors (Lipinski definition) is 1. The lowest BCUT2D eigenvalue weighted by Crippen LogP contribution is -2.07. The van der Waals surface area contributed by atoms with Crippen LogP contribution in [0.5, 0.6) is 0 Å². The molecule has 0 aliphatic rings. The molecule has 2 aromatic rings. The smallest absolute Gasteiger partial charge is 0.161 e. The van der Waals surface area contributed by atoms with Gasteiger partial charge in [-0.15, -0.1) is 0 Å². The minimum atomic E-state index is -3.25. The lowest BCUT2D eigenvalue weighted by atomic mass is 10.1. The molecule has 0 radical (unpaired) electrons. The minimum absolute atomic E-state index is 0.0220. The maximum Gasteiger partial charge on any atom is 0.161 e. The Kier molecular flexibility index (Phi) is 4.30. The molecule has 0 spiro atoms. The third-order valence-corrected chi connectivity index (χ3v) is 4.45. The molecule has 1 aromatic carbocycles. The van der Waals surface area contributed by atoms with E-state index in [1.807, 2.05) is 32.0 Å². The molecule has 0 unspecified atom stereocenters. The van der Waals surface area contributed by atoms with Crippen LogP contribution in [0.25, 0.3) is 0 Å². The summed E-state index contributed by atoms with van der Waals surface area (Å²) in [4.78, 5) is 0. The highest BCUT2D eigenvalue weighted by atomic mass is 32.2. The Labute approximate surface area is 119 Å². The molecule has 2 rings (SSSR count). The molecular formula is C15H19NO3S. The molecule has 0 bridgehead atoms. The first-order valence-corrected chi connectivity index (χ1v) is 8.25. The van der Waals surface area contributed by atoms with Crippen molar-refractivity contribution in [3.8, 4) is 0 Å². The summed E-state index contributed by atoms with van der Waals surface area (Å²) in [6, 6.07) is 9.20. The maximum atomic E-state index is 12.2. The van der Waals surface area contributed by atoms with E-state index in [2.05, 4.69) is 0 Å². The van der Waals surface area contributed by atoms with E-state index in [1.54, 1.807) is 12.1 Å². The first kappa shape index (κ1) is 14.8. The Morgan fingerprint density at radius 1 is 1.00 bits per heavy atom. The summed E-state index contributed by atoms with van der Waals surface area (Å²) in [6.45, 7) is 4.20. The standard InChI is InChI=1S/C15H19NO3S/c1-11-5-12(2)7-13(6-11)9-20(17,18)10-15-4-3-14(8-16)19-15/h3-7H,8-10,16H2,1-2H3. The van der Waals surface area contributed by atoms with Crippen LogP contribution in [0.2, 0.25) is 0 Å². The average Bonchev–Trinajstić information content (AvgIpc) is 2.73. The second kappa shape index (κ2) is 5.81. The van der Waals surface area contributed by atoms with Gasteiger partial charge in [0.15, 0.2) is 9.84 Å². The Morgan fingerprint density at radius 3 is 2.15 bits per heavy atom. The minimum Gasteiger partial charge on any atom is -0.464 e. The summed E-state index contributed by atoms with van der Waals surface area (Å²) in [5.74, 6) is 0.963.